The average molecular weight is 451 g/mol. The fourth-order valence-corrected chi connectivity index (χ4v) is 4.82. The minimum absolute atomic E-state index is 0.161. The maximum atomic E-state index is 12.9. The van der Waals surface area contributed by atoms with Crippen molar-refractivity contribution in [1.29, 1.82) is 0 Å². The van der Waals surface area contributed by atoms with Gasteiger partial charge in [-0.25, -0.2) is 4.79 Å². The molecule has 0 saturated carbocycles. The molecule has 2 aromatic heterocycles. The molecule has 0 bridgehead atoms. The summed E-state index contributed by atoms with van der Waals surface area (Å²) < 4.78 is 7.10. The number of aromatic nitrogens is 3. The number of thioether (sulfide) groups is 1. The molecule has 2 heterocycles. The molecule has 3 aromatic rings. The third-order valence-corrected chi connectivity index (χ3v) is 6.53. The molecule has 1 amide bonds. The number of aryl methyl sites for hydroxylation is 1. The average Bonchev–Trinajstić information content (AvgIpc) is 2.80. The van der Waals surface area contributed by atoms with Gasteiger partial charge >= 0.3 is 5.69 Å². The van der Waals surface area contributed by atoms with Crippen molar-refractivity contribution in [3.05, 3.63) is 75.6 Å². The summed E-state index contributed by atoms with van der Waals surface area (Å²) in [5, 5.41) is 3.58. The van der Waals surface area contributed by atoms with E-state index in [1.54, 1.807) is 24.1 Å². The molecule has 0 unspecified atom stereocenters. The summed E-state index contributed by atoms with van der Waals surface area (Å²) in [6, 6.07) is 9.46. The van der Waals surface area contributed by atoms with Gasteiger partial charge in [-0.05, 0) is 68.0 Å². The molecule has 0 saturated heterocycles. The van der Waals surface area contributed by atoms with E-state index in [0.29, 0.717) is 23.0 Å². The van der Waals surface area contributed by atoms with Gasteiger partial charge in [0.15, 0.2) is 0 Å². The summed E-state index contributed by atoms with van der Waals surface area (Å²) in [6.07, 6.45) is 7.28. The number of pyridine rings is 1. The highest BCUT2D eigenvalue weighted by Crippen LogP contribution is 2.30. The Morgan fingerprint density at radius 1 is 1.19 bits per heavy atom. The normalized spacial score (nSPS) is 12.8. The first kappa shape index (κ1) is 22.1. The Morgan fingerprint density at radius 2 is 1.97 bits per heavy atom. The Bertz CT molecular complexity index is 1180. The van der Waals surface area contributed by atoms with E-state index >= 15 is 0 Å². The Morgan fingerprint density at radius 3 is 2.75 bits per heavy atom. The summed E-state index contributed by atoms with van der Waals surface area (Å²) >= 11 is 1.32. The van der Waals surface area contributed by atoms with Crippen LogP contribution in [0.25, 0.3) is 0 Å². The smallest absolute Gasteiger partial charge is 0.349 e. The summed E-state index contributed by atoms with van der Waals surface area (Å²) in [5.74, 6) is 0.624. The van der Waals surface area contributed by atoms with E-state index in [4.69, 9.17) is 4.74 Å². The maximum absolute atomic E-state index is 12.9. The van der Waals surface area contributed by atoms with Gasteiger partial charge in [-0.2, -0.15) is 4.98 Å². The van der Waals surface area contributed by atoms with Crippen LogP contribution in [0.3, 0.4) is 0 Å². The molecular weight excluding hydrogens is 424 g/mol. The third-order valence-electron chi connectivity index (χ3n) is 5.51. The number of methoxy groups -OCH3 is 1. The van der Waals surface area contributed by atoms with Gasteiger partial charge in [0, 0.05) is 23.7 Å². The predicted molar refractivity (Wildman–Crippen MR) is 126 cm³/mol. The molecule has 166 valence electrons. The van der Waals surface area contributed by atoms with Crippen molar-refractivity contribution in [2.75, 3.05) is 18.2 Å². The molecule has 7 nitrogen and oxygen atoms in total. The highest BCUT2D eigenvalue weighted by atomic mass is 32.2. The number of anilines is 1. The zero-order valence-electron chi connectivity index (χ0n) is 18.3. The number of ether oxygens (including phenoxy) is 1. The predicted octanol–water partition coefficient (Wildman–Crippen LogP) is 3.61. The first-order valence-corrected chi connectivity index (χ1v) is 11.6. The van der Waals surface area contributed by atoms with Gasteiger partial charge in [-0.1, -0.05) is 17.8 Å². The number of hydrogen-bond donors (Lipinski definition) is 1. The van der Waals surface area contributed by atoms with Gasteiger partial charge in [-0.3, -0.25) is 14.3 Å². The Kier molecular flexibility index (Phi) is 6.90. The lowest BCUT2D eigenvalue weighted by Crippen LogP contribution is -2.30. The first-order chi connectivity index (χ1) is 15.5. The van der Waals surface area contributed by atoms with Crippen LogP contribution in [0.5, 0.6) is 5.75 Å². The molecule has 0 atom stereocenters. The lowest BCUT2D eigenvalue weighted by molar-refractivity contribution is -0.113. The van der Waals surface area contributed by atoms with Gasteiger partial charge in [-0.15, -0.1) is 0 Å². The summed E-state index contributed by atoms with van der Waals surface area (Å²) in [7, 11) is 1.58. The number of nitrogens with zero attached hydrogens (tertiary/aromatic N) is 3. The van der Waals surface area contributed by atoms with Crippen LogP contribution in [0, 0.1) is 6.92 Å². The van der Waals surface area contributed by atoms with E-state index in [9.17, 15) is 9.59 Å². The molecule has 32 heavy (non-hydrogen) atoms. The number of rotatable bonds is 7. The van der Waals surface area contributed by atoms with E-state index < -0.39 is 0 Å². The Balaban J connectivity index is 1.53. The fraction of sp³-hybridized carbons (Fsp3) is 0.333. The molecule has 0 spiro atoms. The van der Waals surface area contributed by atoms with Crippen LogP contribution in [0.4, 0.5) is 5.69 Å². The first-order valence-electron chi connectivity index (χ1n) is 10.6. The number of carbonyl (C=O) groups excluding carboxylic acids is 1. The molecular formula is C24H26N4O3S. The Labute approximate surface area is 191 Å². The molecule has 1 aliphatic rings. The second-order valence-corrected chi connectivity index (χ2v) is 8.78. The van der Waals surface area contributed by atoms with Crippen LogP contribution in [0.2, 0.25) is 0 Å². The second-order valence-electron chi connectivity index (χ2n) is 7.81. The van der Waals surface area contributed by atoms with Crippen molar-refractivity contribution in [2.24, 2.45) is 0 Å². The lowest BCUT2D eigenvalue weighted by Gasteiger charge is -2.22. The van der Waals surface area contributed by atoms with Crippen molar-refractivity contribution in [3.8, 4) is 5.75 Å². The van der Waals surface area contributed by atoms with E-state index in [-0.39, 0.29) is 17.3 Å². The fourth-order valence-electron chi connectivity index (χ4n) is 3.94. The lowest BCUT2D eigenvalue weighted by atomic mass is 9.97. The maximum Gasteiger partial charge on any atom is 0.349 e. The van der Waals surface area contributed by atoms with Crippen molar-refractivity contribution >= 4 is 23.4 Å². The van der Waals surface area contributed by atoms with Crippen LogP contribution in [-0.4, -0.2) is 33.3 Å². The number of amides is 1. The summed E-state index contributed by atoms with van der Waals surface area (Å²) in [5.41, 5.74) is 4.55. The number of benzene rings is 1. The van der Waals surface area contributed by atoms with Gasteiger partial charge in [0.05, 0.1) is 25.1 Å². The monoisotopic (exact) mass is 450 g/mol. The SMILES string of the molecule is COc1ccc(C)cc1NC(=O)CSc1nc(=O)n(Cc2ccncc2)c2c1CCCC2. The van der Waals surface area contributed by atoms with Crippen LogP contribution in [0.1, 0.15) is 35.2 Å². The second kappa shape index (κ2) is 9.99. The molecule has 0 radical (unpaired) electrons. The van der Waals surface area contributed by atoms with Crippen molar-refractivity contribution in [3.63, 3.8) is 0 Å². The third kappa shape index (κ3) is 5.02. The molecule has 8 heteroatoms. The van der Waals surface area contributed by atoms with Gasteiger partial charge < -0.3 is 10.1 Å². The Hall–Kier alpha value is -3.13. The van der Waals surface area contributed by atoms with E-state index in [0.717, 1.165) is 48.1 Å². The topological polar surface area (TPSA) is 86.1 Å². The van der Waals surface area contributed by atoms with Gasteiger partial charge in [0.25, 0.3) is 0 Å². The zero-order chi connectivity index (χ0) is 22.5. The van der Waals surface area contributed by atoms with Crippen LogP contribution < -0.4 is 15.7 Å². The quantitative estimate of drug-likeness (QED) is 0.437. The largest absolute Gasteiger partial charge is 0.495 e. The minimum Gasteiger partial charge on any atom is -0.495 e. The molecule has 1 N–H and O–H groups in total. The number of fused-ring (bicyclic) bond motifs is 1. The van der Waals surface area contributed by atoms with Gasteiger partial charge in [0.1, 0.15) is 10.8 Å². The number of nitrogens with one attached hydrogen (secondary N) is 1. The van der Waals surface area contributed by atoms with Crippen molar-refractivity contribution < 1.29 is 9.53 Å². The molecule has 1 aliphatic carbocycles. The zero-order valence-corrected chi connectivity index (χ0v) is 19.1. The highest BCUT2D eigenvalue weighted by molar-refractivity contribution is 8.00. The minimum atomic E-state index is -0.272. The van der Waals surface area contributed by atoms with Crippen LogP contribution in [-0.2, 0) is 24.2 Å². The molecule has 1 aromatic carbocycles. The van der Waals surface area contributed by atoms with E-state index in [1.165, 1.54) is 11.8 Å². The van der Waals surface area contributed by atoms with Crippen molar-refractivity contribution in [2.45, 2.75) is 44.2 Å². The summed E-state index contributed by atoms with van der Waals surface area (Å²) in [6.45, 7) is 2.44. The van der Waals surface area contributed by atoms with Crippen molar-refractivity contribution in [1.82, 2.24) is 14.5 Å². The number of hydrogen-bond acceptors (Lipinski definition) is 6. The highest BCUT2D eigenvalue weighted by Gasteiger charge is 2.21. The standard InChI is InChI=1S/C24H26N4O3S/c1-16-7-8-21(31-2)19(13-16)26-22(29)15-32-23-18-5-3-4-6-20(18)28(24(30)27-23)14-17-9-11-25-12-10-17/h7-13H,3-6,14-15H2,1-2H3,(H,26,29). The number of carbonyl (C=O) groups is 1. The van der Waals surface area contributed by atoms with Crippen LogP contribution >= 0.6 is 11.8 Å². The molecule has 0 fully saturated rings. The summed E-state index contributed by atoms with van der Waals surface area (Å²) in [4.78, 5) is 33.9. The van der Waals surface area contributed by atoms with E-state index in [1.807, 2.05) is 37.3 Å². The van der Waals surface area contributed by atoms with Crippen LogP contribution in [0.15, 0.2) is 52.5 Å². The van der Waals surface area contributed by atoms with E-state index in [2.05, 4.69) is 15.3 Å². The molecule has 4 rings (SSSR count). The van der Waals surface area contributed by atoms with Gasteiger partial charge in [0.2, 0.25) is 5.91 Å². The molecule has 0 aliphatic heterocycles.